The second-order valence-corrected chi connectivity index (χ2v) is 4.10. The monoisotopic (exact) mass is 259 g/mol. The van der Waals surface area contributed by atoms with Gasteiger partial charge in [0.1, 0.15) is 5.82 Å². The molecule has 0 saturated heterocycles. The molecule has 0 spiro atoms. The van der Waals surface area contributed by atoms with E-state index in [1.165, 1.54) is 18.2 Å². The normalized spacial score (nSPS) is 10.2. The molecule has 0 atom stereocenters. The average molecular weight is 259 g/mol. The van der Waals surface area contributed by atoms with Crippen LogP contribution in [0.1, 0.15) is 15.9 Å². The summed E-state index contributed by atoms with van der Waals surface area (Å²) >= 11 is 0. The van der Waals surface area contributed by atoms with Gasteiger partial charge in [0.05, 0.1) is 5.69 Å². The molecule has 2 aromatic rings. The Morgan fingerprint density at radius 1 is 1.26 bits per heavy atom. The molecule has 0 radical (unpaired) electrons. The van der Waals surface area contributed by atoms with Crippen LogP contribution in [-0.2, 0) is 6.42 Å². The Bertz CT molecular complexity index is 572. The number of carbonyl (C=O) groups is 1. The van der Waals surface area contributed by atoms with Crippen molar-refractivity contribution in [2.45, 2.75) is 6.42 Å². The van der Waals surface area contributed by atoms with E-state index in [1.54, 1.807) is 12.4 Å². The van der Waals surface area contributed by atoms with E-state index in [-0.39, 0.29) is 11.6 Å². The number of hydrogen-bond acceptors (Lipinski definition) is 3. The first-order chi connectivity index (χ1) is 9.16. The van der Waals surface area contributed by atoms with Crippen LogP contribution in [0.25, 0.3) is 0 Å². The zero-order chi connectivity index (χ0) is 13.7. The summed E-state index contributed by atoms with van der Waals surface area (Å²) in [6.07, 6.45) is 4.13. The summed E-state index contributed by atoms with van der Waals surface area (Å²) in [5, 5.41) is 2.76. The van der Waals surface area contributed by atoms with Crippen molar-refractivity contribution in [1.29, 1.82) is 0 Å². The van der Waals surface area contributed by atoms with Gasteiger partial charge in [-0.05, 0) is 42.3 Å². The van der Waals surface area contributed by atoms with Gasteiger partial charge in [0, 0.05) is 24.5 Å². The lowest BCUT2D eigenvalue weighted by Crippen LogP contribution is -2.25. The maximum atomic E-state index is 13.0. The van der Waals surface area contributed by atoms with Crippen LogP contribution in [-0.4, -0.2) is 17.4 Å². The van der Waals surface area contributed by atoms with Crippen LogP contribution < -0.4 is 11.1 Å². The average Bonchev–Trinajstić information content (AvgIpc) is 2.43. The molecular formula is C14H14FN3O. The zero-order valence-corrected chi connectivity index (χ0v) is 10.3. The molecule has 1 aromatic carbocycles. The summed E-state index contributed by atoms with van der Waals surface area (Å²) in [5.74, 6) is -0.783. The molecule has 0 fully saturated rings. The number of anilines is 1. The van der Waals surface area contributed by atoms with E-state index in [1.807, 2.05) is 12.1 Å². The molecule has 1 aromatic heterocycles. The standard InChI is InChI=1S/C14H14FN3O/c15-12-2-1-11(9-13(12)16)14(19)18-8-5-10-3-6-17-7-4-10/h1-4,6-7,9H,5,8,16H2,(H,18,19). The largest absolute Gasteiger partial charge is 0.396 e. The summed E-state index contributed by atoms with van der Waals surface area (Å²) in [7, 11) is 0. The Labute approximate surface area is 110 Å². The molecule has 3 N–H and O–H groups in total. The first-order valence-corrected chi connectivity index (χ1v) is 5.89. The van der Waals surface area contributed by atoms with E-state index >= 15 is 0 Å². The number of aromatic nitrogens is 1. The second-order valence-electron chi connectivity index (χ2n) is 4.10. The number of nitrogens with one attached hydrogen (secondary N) is 1. The lowest BCUT2D eigenvalue weighted by Gasteiger charge is -2.06. The highest BCUT2D eigenvalue weighted by atomic mass is 19.1. The van der Waals surface area contributed by atoms with Crippen molar-refractivity contribution >= 4 is 11.6 Å². The van der Waals surface area contributed by atoms with Gasteiger partial charge in [0.25, 0.3) is 5.91 Å². The first kappa shape index (κ1) is 13.0. The van der Waals surface area contributed by atoms with Crippen LogP contribution in [0.15, 0.2) is 42.7 Å². The molecule has 0 saturated carbocycles. The highest BCUT2D eigenvalue weighted by molar-refractivity contribution is 5.95. The topological polar surface area (TPSA) is 68.0 Å². The highest BCUT2D eigenvalue weighted by Crippen LogP contribution is 2.12. The molecule has 4 nitrogen and oxygen atoms in total. The Morgan fingerprint density at radius 2 is 2.00 bits per heavy atom. The van der Waals surface area contributed by atoms with Gasteiger partial charge in [0.2, 0.25) is 0 Å². The van der Waals surface area contributed by atoms with Crippen molar-refractivity contribution in [3.63, 3.8) is 0 Å². The molecule has 1 amide bonds. The fourth-order valence-corrected chi connectivity index (χ4v) is 1.66. The van der Waals surface area contributed by atoms with Crippen molar-refractivity contribution in [1.82, 2.24) is 10.3 Å². The number of nitrogen functional groups attached to an aromatic ring is 1. The number of pyridine rings is 1. The molecule has 0 aliphatic heterocycles. The SMILES string of the molecule is Nc1cc(C(=O)NCCc2ccncc2)ccc1F. The van der Waals surface area contributed by atoms with E-state index in [0.717, 1.165) is 5.56 Å². The Kier molecular flexibility index (Phi) is 4.07. The quantitative estimate of drug-likeness (QED) is 0.822. The summed E-state index contributed by atoms with van der Waals surface area (Å²) in [6, 6.07) is 7.71. The summed E-state index contributed by atoms with van der Waals surface area (Å²) in [4.78, 5) is 15.7. The van der Waals surface area contributed by atoms with Gasteiger partial charge in [-0.25, -0.2) is 4.39 Å². The lowest BCUT2D eigenvalue weighted by atomic mass is 10.1. The number of benzene rings is 1. The Balaban J connectivity index is 1.89. The van der Waals surface area contributed by atoms with E-state index in [9.17, 15) is 9.18 Å². The third-order valence-corrected chi connectivity index (χ3v) is 2.71. The van der Waals surface area contributed by atoms with Crippen LogP contribution >= 0.6 is 0 Å². The molecule has 98 valence electrons. The number of nitrogens with two attached hydrogens (primary N) is 1. The predicted octanol–water partition coefficient (Wildman–Crippen LogP) is 1.78. The second kappa shape index (κ2) is 5.95. The molecule has 2 rings (SSSR count). The van der Waals surface area contributed by atoms with E-state index in [0.29, 0.717) is 18.5 Å². The van der Waals surface area contributed by atoms with E-state index < -0.39 is 5.82 Å². The van der Waals surface area contributed by atoms with Crippen LogP contribution in [0.5, 0.6) is 0 Å². The smallest absolute Gasteiger partial charge is 0.251 e. The number of amides is 1. The molecule has 19 heavy (non-hydrogen) atoms. The van der Waals surface area contributed by atoms with Crippen LogP contribution in [0.4, 0.5) is 10.1 Å². The van der Waals surface area contributed by atoms with Crippen LogP contribution in [0.2, 0.25) is 0 Å². The summed E-state index contributed by atoms with van der Waals surface area (Å²) in [6.45, 7) is 0.500. The maximum absolute atomic E-state index is 13.0. The fraction of sp³-hybridized carbons (Fsp3) is 0.143. The molecule has 5 heteroatoms. The van der Waals surface area contributed by atoms with E-state index in [2.05, 4.69) is 10.3 Å². The molecule has 0 bridgehead atoms. The molecule has 0 aliphatic rings. The minimum atomic E-state index is -0.520. The van der Waals surface area contributed by atoms with E-state index in [4.69, 9.17) is 5.73 Å². The molecule has 0 unspecified atom stereocenters. The summed E-state index contributed by atoms with van der Waals surface area (Å²) < 4.78 is 13.0. The van der Waals surface area contributed by atoms with Crippen LogP contribution in [0.3, 0.4) is 0 Å². The van der Waals surface area contributed by atoms with Gasteiger partial charge in [-0.2, -0.15) is 0 Å². The van der Waals surface area contributed by atoms with Gasteiger partial charge in [0.15, 0.2) is 0 Å². The lowest BCUT2D eigenvalue weighted by molar-refractivity contribution is 0.0954. The summed E-state index contributed by atoms with van der Waals surface area (Å²) in [5.41, 5.74) is 6.84. The van der Waals surface area contributed by atoms with Gasteiger partial charge in [-0.15, -0.1) is 0 Å². The van der Waals surface area contributed by atoms with Crippen molar-refractivity contribution in [2.75, 3.05) is 12.3 Å². The Hall–Kier alpha value is -2.43. The number of hydrogen-bond donors (Lipinski definition) is 2. The maximum Gasteiger partial charge on any atom is 0.251 e. The van der Waals surface area contributed by atoms with Gasteiger partial charge >= 0.3 is 0 Å². The number of nitrogens with zero attached hydrogens (tertiary/aromatic N) is 1. The molecule has 0 aliphatic carbocycles. The Morgan fingerprint density at radius 3 is 2.68 bits per heavy atom. The number of rotatable bonds is 4. The minimum absolute atomic E-state index is 0.0261. The number of carbonyl (C=O) groups excluding carboxylic acids is 1. The van der Waals surface area contributed by atoms with Crippen molar-refractivity contribution in [3.8, 4) is 0 Å². The number of halogens is 1. The van der Waals surface area contributed by atoms with Gasteiger partial charge < -0.3 is 11.1 Å². The fourth-order valence-electron chi connectivity index (χ4n) is 1.66. The van der Waals surface area contributed by atoms with Crippen molar-refractivity contribution < 1.29 is 9.18 Å². The zero-order valence-electron chi connectivity index (χ0n) is 10.3. The van der Waals surface area contributed by atoms with Crippen molar-refractivity contribution in [2.24, 2.45) is 0 Å². The molecular weight excluding hydrogens is 245 g/mol. The van der Waals surface area contributed by atoms with Crippen LogP contribution in [0, 0.1) is 5.82 Å². The van der Waals surface area contributed by atoms with Gasteiger partial charge in [-0.1, -0.05) is 0 Å². The van der Waals surface area contributed by atoms with Gasteiger partial charge in [-0.3, -0.25) is 9.78 Å². The first-order valence-electron chi connectivity index (χ1n) is 5.89. The van der Waals surface area contributed by atoms with Crippen molar-refractivity contribution in [3.05, 3.63) is 59.7 Å². The predicted molar refractivity (Wildman–Crippen MR) is 71.1 cm³/mol. The highest BCUT2D eigenvalue weighted by Gasteiger charge is 2.07. The minimum Gasteiger partial charge on any atom is -0.396 e. The third-order valence-electron chi connectivity index (χ3n) is 2.71. The third kappa shape index (κ3) is 3.51. The molecule has 1 heterocycles.